The molecule has 3 heteroatoms. The second-order valence-corrected chi connectivity index (χ2v) is 8.08. The van der Waals surface area contributed by atoms with Crippen molar-refractivity contribution in [3.05, 3.63) is 57.1 Å². The van der Waals surface area contributed by atoms with Crippen molar-refractivity contribution in [2.45, 2.75) is 80.1 Å². The molecular weight excluding hydrogens is 361 g/mol. The number of benzene rings is 1. The smallest absolute Gasteiger partial charge is 0.156 e. The number of halogens is 1. The van der Waals surface area contributed by atoms with Crippen LogP contribution in [0.25, 0.3) is 16.5 Å². The van der Waals surface area contributed by atoms with Crippen LogP contribution < -0.4 is 0 Å². The molecule has 3 rings (SSSR count). The SMILES string of the molecule is CCC(/C=C(\C)c1nc2cc(F)c(C)c3c2c(c1CC)CCC3)=C(\CC)C(C)=O. The fourth-order valence-corrected chi connectivity index (χ4v) is 4.87. The van der Waals surface area contributed by atoms with Gasteiger partial charge in [0, 0.05) is 11.5 Å². The predicted molar refractivity (Wildman–Crippen MR) is 120 cm³/mol. The van der Waals surface area contributed by atoms with Gasteiger partial charge in [-0.2, -0.15) is 0 Å². The van der Waals surface area contributed by atoms with Crippen molar-refractivity contribution in [3.63, 3.8) is 0 Å². The first-order valence-corrected chi connectivity index (χ1v) is 10.9. The number of hydrogen-bond donors (Lipinski definition) is 0. The van der Waals surface area contributed by atoms with Crippen molar-refractivity contribution >= 4 is 22.3 Å². The zero-order valence-corrected chi connectivity index (χ0v) is 18.6. The minimum Gasteiger partial charge on any atom is -0.295 e. The zero-order chi connectivity index (χ0) is 21.3. The molecule has 0 amide bonds. The Balaban J connectivity index is 2.30. The van der Waals surface area contributed by atoms with Crippen LogP contribution in [-0.4, -0.2) is 10.8 Å². The Labute approximate surface area is 173 Å². The molecule has 1 aliphatic rings. The molecule has 0 unspecified atom stereocenters. The first-order chi connectivity index (χ1) is 13.8. The summed E-state index contributed by atoms with van der Waals surface area (Å²) in [6.45, 7) is 11.9. The van der Waals surface area contributed by atoms with Crippen LogP contribution >= 0.6 is 0 Å². The number of ketones is 1. The second-order valence-electron chi connectivity index (χ2n) is 8.08. The molecule has 0 saturated heterocycles. The van der Waals surface area contributed by atoms with Crippen LogP contribution in [0.2, 0.25) is 0 Å². The molecule has 154 valence electrons. The summed E-state index contributed by atoms with van der Waals surface area (Å²) in [7, 11) is 0. The van der Waals surface area contributed by atoms with Gasteiger partial charge < -0.3 is 0 Å². The van der Waals surface area contributed by atoms with Gasteiger partial charge in [0.05, 0.1) is 11.2 Å². The summed E-state index contributed by atoms with van der Waals surface area (Å²) in [5.74, 6) is -0.0310. The third kappa shape index (κ3) is 3.80. The van der Waals surface area contributed by atoms with Gasteiger partial charge in [-0.15, -0.1) is 0 Å². The summed E-state index contributed by atoms with van der Waals surface area (Å²) in [6, 6.07) is 1.60. The maximum atomic E-state index is 14.6. The topological polar surface area (TPSA) is 30.0 Å². The molecule has 1 aromatic heterocycles. The molecule has 0 aliphatic heterocycles. The Bertz CT molecular complexity index is 1040. The number of pyridine rings is 1. The molecule has 2 nitrogen and oxygen atoms in total. The van der Waals surface area contributed by atoms with E-state index in [2.05, 4.69) is 26.8 Å². The summed E-state index contributed by atoms with van der Waals surface area (Å²) in [5.41, 5.74) is 9.25. The quantitative estimate of drug-likeness (QED) is 0.397. The standard InChI is InChI=1S/C26H32FNO/c1-7-18(19(8-2)17(6)29)13-15(4)26-20(9-3)22-12-10-11-21-16(5)23(27)14-24(28-26)25(21)22/h13-14H,7-12H2,1-6H3/b15-13+,19-18-. The van der Waals surface area contributed by atoms with Crippen LogP contribution in [0, 0.1) is 12.7 Å². The number of hydrogen-bond acceptors (Lipinski definition) is 2. The van der Waals surface area contributed by atoms with Crippen LogP contribution in [-0.2, 0) is 24.1 Å². The normalized spacial score (nSPS) is 14.9. The van der Waals surface area contributed by atoms with Crippen LogP contribution in [0.5, 0.6) is 0 Å². The van der Waals surface area contributed by atoms with Gasteiger partial charge in [0.25, 0.3) is 0 Å². The summed E-state index contributed by atoms with van der Waals surface area (Å²) in [6.07, 6.45) is 7.54. The summed E-state index contributed by atoms with van der Waals surface area (Å²) in [4.78, 5) is 17.0. The second kappa shape index (κ2) is 8.61. The average Bonchev–Trinajstić information content (AvgIpc) is 2.70. The van der Waals surface area contributed by atoms with E-state index < -0.39 is 0 Å². The van der Waals surface area contributed by atoms with Crippen LogP contribution in [0.3, 0.4) is 0 Å². The highest BCUT2D eigenvalue weighted by Crippen LogP contribution is 2.37. The lowest BCUT2D eigenvalue weighted by molar-refractivity contribution is -0.113. The fourth-order valence-electron chi connectivity index (χ4n) is 4.87. The first-order valence-electron chi connectivity index (χ1n) is 10.9. The van der Waals surface area contributed by atoms with Gasteiger partial charge in [-0.25, -0.2) is 9.37 Å². The monoisotopic (exact) mass is 393 g/mol. The van der Waals surface area contributed by atoms with Gasteiger partial charge in [-0.05, 0) is 98.3 Å². The molecule has 2 aromatic rings. The Morgan fingerprint density at radius 1 is 1.14 bits per heavy atom. The number of Topliss-reactive ketones (excluding diaryl/α,β-unsaturated/α-hetero) is 1. The number of carbonyl (C=O) groups excluding carboxylic acids is 1. The third-order valence-corrected chi connectivity index (χ3v) is 6.33. The van der Waals surface area contributed by atoms with E-state index in [0.29, 0.717) is 0 Å². The highest BCUT2D eigenvalue weighted by Gasteiger charge is 2.23. The van der Waals surface area contributed by atoms with Crippen molar-refractivity contribution in [2.75, 3.05) is 0 Å². The van der Waals surface area contributed by atoms with E-state index in [-0.39, 0.29) is 11.6 Å². The lowest BCUT2D eigenvalue weighted by Crippen LogP contribution is -2.11. The molecule has 0 atom stereocenters. The lowest BCUT2D eigenvalue weighted by atomic mass is 9.83. The van der Waals surface area contributed by atoms with Gasteiger partial charge in [-0.1, -0.05) is 26.8 Å². The summed E-state index contributed by atoms with van der Waals surface area (Å²) >= 11 is 0. The first kappa shape index (κ1) is 21.4. The van der Waals surface area contributed by atoms with Gasteiger partial charge >= 0.3 is 0 Å². The molecule has 0 spiro atoms. The molecule has 1 aliphatic carbocycles. The Morgan fingerprint density at radius 3 is 2.41 bits per heavy atom. The van der Waals surface area contributed by atoms with Gasteiger partial charge in [-0.3, -0.25) is 4.79 Å². The molecule has 0 radical (unpaired) electrons. The molecular formula is C26H32FNO. The van der Waals surface area contributed by atoms with Crippen LogP contribution in [0.1, 0.15) is 81.8 Å². The van der Waals surface area contributed by atoms with E-state index in [1.807, 2.05) is 13.8 Å². The van der Waals surface area contributed by atoms with Gasteiger partial charge in [0.1, 0.15) is 5.82 Å². The van der Waals surface area contributed by atoms with E-state index in [1.54, 1.807) is 13.0 Å². The maximum Gasteiger partial charge on any atom is 0.156 e. The summed E-state index contributed by atoms with van der Waals surface area (Å²) < 4.78 is 14.6. The highest BCUT2D eigenvalue weighted by molar-refractivity contribution is 5.95. The van der Waals surface area contributed by atoms with E-state index >= 15 is 0 Å². The molecule has 29 heavy (non-hydrogen) atoms. The Hall–Kier alpha value is -2.29. The number of nitrogens with zero attached hydrogens (tertiary/aromatic N) is 1. The zero-order valence-electron chi connectivity index (χ0n) is 18.6. The van der Waals surface area contributed by atoms with E-state index in [9.17, 15) is 9.18 Å². The lowest BCUT2D eigenvalue weighted by Gasteiger charge is -2.24. The summed E-state index contributed by atoms with van der Waals surface area (Å²) in [5, 5.41) is 1.17. The number of aromatic nitrogens is 1. The highest BCUT2D eigenvalue weighted by atomic mass is 19.1. The molecule has 1 aromatic carbocycles. The van der Waals surface area contributed by atoms with Crippen molar-refractivity contribution in [1.82, 2.24) is 4.98 Å². The largest absolute Gasteiger partial charge is 0.295 e. The Kier molecular flexibility index (Phi) is 6.36. The van der Waals surface area contributed by atoms with Crippen molar-refractivity contribution < 1.29 is 9.18 Å². The average molecular weight is 394 g/mol. The van der Waals surface area contributed by atoms with Gasteiger partial charge in [0.15, 0.2) is 5.78 Å². The van der Waals surface area contributed by atoms with Crippen LogP contribution in [0.4, 0.5) is 4.39 Å². The molecule has 0 N–H and O–H groups in total. The number of rotatable bonds is 6. The third-order valence-electron chi connectivity index (χ3n) is 6.33. The molecule has 0 fully saturated rings. The minimum absolute atomic E-state index is 0.132. The maximum absolute atomic E-state index is 14.6. The molecule has 1 heterocycles. The van der Waals surface area contributed by atoms with E-state index in [4.69, 9.17) is 4.98 Å². The van der Waals surface area contributed by atoms with Crippen molar-refractivity contribution in [2.24, 2.45) is 0 Å². The number of carbonyl (C=O) groups is 1. The Morgan fingerprint density at radius 2 is 1.83 bits per heavy atom. The minimum atomic E-state index is -0.163. The van der Waals surface area contributed by atoms with Crippen molar-refractivity contribution in [3.8, 4) is 0 Å². The van der Waals surface area contributed by atoms with E-state index in [1.165, 1.54) is 16.5 Å². The van der Waals surface area contributed by atoms with Crippen molar-refractivity contribution in [1.29, 1.82) is 0 Å². The number of allylic oxidation sites excluding steroid dienone is 4. The van der Waals surface area contributed by atoms with Gasteiger partial charge in [0.2, 0.25) is 0 Å². The molecule has 0 saturated carbocycles. The number of aryl methyl sites for hydroxylation is 2. The molecule has 0 bridgehead atoms. The predicted octanol–water partition coefficient (Wildman–Crippen LogP) is 6.84. The van der Waals surface area contributed by atoms with Crippen LogP contribution in [0.15, 0.2) is 23.3 Å². The van der Waals surface area contributed by atoms with E-state index in [0.717, 1.165) is 77.6 Å². The fraction of sp³-hybridized carbons (Fsp3) is 0.462.